The number of aryl methyl sites for hydroxylation is 2. The van der Waals surface area contributed by atoms with Crippen molar-refractivity contribution in [3.63, 3.8) is 0 Å². The number of nitrogens with zero attached hydrogens (tertiary/aromatic N) is 1. The van der Waals surface area contributed by atoms with E-state index in [0.29, 0.717) is 29.4 Å². The topological polar surface area (TPSA) is 107 Å². The molecule has 9 heteroatoms. The summed E-state index contributed by atoms with van der Waals surface area (Å²) in [5.41, 5.74) is 2.59. The molecule has 0 aliphatic carbocycles. The fourth-order valence-electron chi connectivity index (χ4n) is 3.78. The third-order valence-corrected chi connectivity index (χ3v) is 5.38. The number of hydrogen-bond donors (Lipinski definition) is 1. The number of imide groups is 2. The summed E-state index contributed by atoms with van der Waals surface area (Å²) in [4.78, 5) is 38.4. The van der Waals surface area contributed by atoms with Crippen LogP contribution in [0.4, 0.5) is 4.79 Å². The van der Waals surface area contributed by atoms with Crippen molar-refractivity contribution in [3.05, 3.63) is 82.8 Å². The fraction of sp³-hybridized carbons (Fsp3) is 0.222. The molecule has 1 aliphatic rings. The van der Waals surface area contributed by atoms with Crippen LogP contribution in [0.2, 0.25) is 0 Å². The lowest BCUT2D eigenvalue weighted by atomic mass is 10.1. The van der Waals surface area contributed by atoms with Gasteiger partial charge in [-0.2, -0.15) is 0 Å². The second-order valence-corrected chi connectivity index (χ2v) is 8.22. The summed E-state index contributed by atoms with van der Waals surface area (Å²) in [6.45, 7) is 4.55. The minimum atomic E-state index is -0.803. The van der Waals surface area contributed by atoms with Gasteiger partial charge in [0, 0.05) is 0 Å². The third kappa shape index (κ3) is 5.75. The van der Waals surface area contributed by atoms with Crippen LogP contribution in [0.3, 0.4) is 0 Å². The predicted octanol–water partition coefficient (Wildman–Crippen LogP) is 4.02. The van der Waals surface area contributed by atoms with Crippen molar-refractivity contribution in [2.24, 2.45) is 0 Å². The van der Waals surface area contributed by atoms with E-state index in [9.17, 15) is 14.4 Å². The molecule has 0 spiro atoms. The zero-order chi connectivity index (χ0) is 25.7. The molecule has 4 rings (SSSR count). The van der Waals surface area contributed by atoms with Crippen molar-refractivity contribution in [2.45, 2.75) is 20.4 Å². The molecule has 4 amide bonds. The Hall–Kier alpha value is -4.53. The Bertz CT molecular complexity index is 1290. The number of carbonyl (C=O) groups is 3. The Balaban J connectivity index is 1.43. The summed E-state index contributed by atoms with van der Waals surface area (Å²) in [6.07, 6.45) is 2.84. The first kappa shape index (κ1) is 24.6. The third-order valence-electron chi connectivity index (χ3n) is 5.38. The molecule has 0 radical (unpaired) electrons. The number of furan rings is 1. The van der Waals surface area contributed by atoms with Crippen LogP contribution in [0.25, 0.3) is 6.08 Å². The molecule has 0 unspecified atom stereocenters. The van der Waals surface area contributed by atoms with Crippen LogP contribution >= 0.6 is 0 Å². The lowest BCUT2D eigenvalue weighted by Crippen LogP contribution is -2.53. The van der Waals surface area contributed by atoms with E-state index in [1.54, 1.807) is 30.3 Å². The minimum Gasteiger partial charge on any atom is -0.493 e. The standard InChI is InChI=1S/C27H26N2O7/c1-17-11-18(2)13-21(12-17)35-9-10-36-23-7-6-19(15-24(23)33-3)14-22-25(30)28-27(32)29(26(22)31)16-20-5-4-8-34-20/h4-8,11-15H,9-10,16H2,1-3H3,(H,28,30,32)/b22-14-. The van der Waals surface area contributed by atoms with Crippen LogP contribution in [0.15, 0.2) is 64.8 Å². The van der Waals surface area contributed by atoms with Gasteiger partial charge >= 0.3 is 6.03 Å². The number of amides is 4. The van der Waals surface area contributed by atoms with E-state index in [4.69, 9.17) is 18.6 Å². The van der Waals surface area contributed by atoms with Gasteiger partial charge in [0.2, 0.25) is 0 Å². The molecular formula is C27H26N2O7. The highest BCUT2D eigenvalue weighted by molar-refractivity contribution is 6.30. The van der Waals surface area contributed by atoms with E-state index in [-0.39, 0.29) is 18.7 Å². The first-order valence-corrected chi connectivity index (χ1v) is 11.3. The average molecular weight is 491 g/mol. The highest BCUT2D eigenvalue weighted by Crippen LogP contribution is 2.29. The molecule has 0 atom stereocenters. The van der Waals surface area contributed by atoms with Gasteiger partial charge in [-0.1, -0.05) is 12.1 Å². The monoisotopic (exact) mass is 490 g/mol. The number of hydrogen-bond acceptors (Lipinski definition) is 7. The maximum absolute atomic E-state index is 12.9. The zero-order valence-electron chi connectivity index (χ0n) is 20.2. The maximum Gasteiger partial charge on any atom is 0.331 e. The first-order chi connectivity index (χ1) is 17.3. The Labute approximate surface area is 208 Å². The van der Waals surface area contributed by atoms with Gasteiger partial charge in [-0.25, -0.2) is 4.79 Å². The zero-order valence-corrected chi connectivity index (χ0v) is 20.2. The van der Waals surface area contributed by atoms with E-state index in [1.165, 1.54) is 19.4 Å². The van der Waals surface area contributed by atoms with Gasteiger partial charge < -0.3 is 18.6 Å². The molecule has 1 aromatic heterocycles. The quantitative estimate of drug-likeness (QED) is 0.274. The van der Waals surface area contributed by atoms with E-state index >= 15 is 0 Å². The summed E-state index contributed by atoms with van der Waals surface area (Å²) in [7, 11) is 1.49. The Morgan fingerprint density at radius 3 is 2.39 bits per heavy atom. The smallest absolute Gasteiger partial charge is 0.331 e. The number of methoxy groups -OCH3 is 1. The largest absolute Gasteiger partial charge is 0.493 e. The number of barbiturate groups is 1. The molecule has 1 aliphatic heterocycles. The number of ether oxygens (including phenoxy) is 3. The lowest BCUT2D eigenvalue weighted by molar-refractivity contribution is -0.130. The first-order valence-electron chi connectivity index (χ1n) is 11.3. The molecule has 36 heavy (non-hydrogen) atoms. The fourth-order valence-corrected chi connectivity index (χ4v) is 3.78. The molecule has 1 saturated heterocycles. The molecule has 0 saturated carbocycles. The Morgan fingerprint density at radius 2 is 1.69 bits per heavy atom. The van der Waals surface area contributed by atoms with Crippen LogP contribution in [0, 0.1) is 13.8 Å². The summed E-state index contributed by atoms with van der Waals surface area (Å²) in [5, 5.41) is 2.18. The molecule has 2 heterocycles. The van der Waals surface area contributed by atoms with Gasteiger partial charge in [-0.3, -0.25) is 19.8 Å². The van der Waals surface area contributed by atoms with E-state index < -0.39 is 17.8 Å². The van der Waals surface area contributed by atoms with Gasteiger partial charge in [0.1, 0.15) is 30.3 Å². The molecule has 3 aromatic rings. The van der Waals surface area contributed by atoms with Crippen molar-refractivity contribution >= 4 is 23.9 Å². The molecule has 9 nitrogen and oxygen atoms in total. The molecule has 1 fully saturated rings. The normalized spacial score (nSPS) is 14.7. The van der Waals surface area contributed by atoms with E-state index in [2.05, 4.69) is 11.4 Å². The van der Waals surface area contributed by atoms with E-state index in [0.717, 1.165) is 21.8 Å². The van der Waals surface area contributed by atoms with Gasteiger partial charge in [0.05, 0.1) is 19.9 Å². The summed E-state index contributed by atoms with van der Waals surface area (Å²) in [5.74, 6) is 0.601. The second-order valence-electron chi connectivity index (χ2n) is 8.22. The van der Waals surface area contributed by atoms with Crippen molar-refractivity contribution in [1.82, 2.24) is 10.2 Å². The van der Waals surface area contributed by atoms with Crippen LogP contribution < -0.4 is 19.5 Å². The van der Waals surface area contributed by atoms with Gasteiger partial charge in [-0.05, 0) is 73.0 Å². The van der Waals surface area contributed by atoms with Gasteiger partial charge in [0.25, 0.3) is 11.8 Å². The molecule has 2 aromatic carbocycles. The van der Waals surface area contributed by atoms with Crippen LogP contribution in [-0.4, -0.2) is 43.1 Å². The van der Waals surface area contributed by atoms with Crippen molar-refractivity contribution < 1.29 is 33.0 Å². The Kier molecular flexibility index (Phi) is 7.39. The summed E-state index contributed by atoms with van der Waals surface area (Å²) in [6, 6.07) is 13.5. The highest BCUT2D eigenvalue weighted by Gasteiger charge is 2.36. The second kappa shape index (κ2) is 10.8. The number of benzene rings is 2. The van der Waals surface area contributed by atoms with Crippen molar-refractivity contribution in [2.75, 3.05) is 20.3 Å². The number of carbonyl (C=O) groups excluding carboxylic acids is 3. The predicted molar refractivity (Wildman–Crippen MR) is 131 cm³/mol. The van der Waals surface area contributed by atoms with Crippen LogP contribution in [-0.2, 0) is 16.1 Å². The van der Waals surface area contributed by atoms with Gasteiger partial charge in [0.15, 0.2) is 11.5 Å². The molecule has 1 N–H and O–H groups in total. The minimum absolute atomic E-state index is 0.0947. The Morgan fingerprint density at radius 1 is 0.944 bits per heavy atom. The number of nitrogens with one attached hydrogen (secondary N) is 1. The highest BCUT2D eigenvalue weighted by atomic mass is 16.5. The van der Waals surface area contributed by atoms with Crippen LogP contribution in [0.5, 0.6) is 17.2 Å². The molecular weight excluding hydrogens is 464 g/mol. The molecule has 0 bridgehead atoms. The molecule has 186 valence electrons. The van der Waals surface area contributed by atoms with Crippen molar-refractivity contribution in [1.29, 1.82) is 0 Å². The van der Waals surface area contributed by atoms with Gasteiger partial charge in [-0.15, -0.1) is 0 Å². The average Bonchev–Trinajstić information content (AvgIpc) is 3.35. The van der Waals surface area contributed by atoms with Crippen LogP contribution in [0.1, 0.15) is 22.5 Å². The summed E-state index contributed by atoms with van der Waals surface area (Å²) < 4.78 is 22.2. The summed E-state index contributed by atoms with van der Waals surface area (Å²) >= 11 is 0. The lowest BCUT2D eigenvalue weighted by Gasteiger charge is -2.25. The number of urea groups is 1. The maximum atomic E-state index is 12.9. The number of rotatable bonds is 9. The van der Waals surface area contributed by atoms with Crippen molar-refractivity contribution in [3.8, 4) is 17.2 Å². The SMILES string of the molecule is COc1cc(/C=C2/C(=O)NC(=O)N(Cc3ccco3)C2=O)ccc1OCCOc1cc(C)cc(C)c1. The van der Waals surface area contributed by atoms with E-state index in [1.807, 2.05) is 26.0 Å².